The number of aliphatic carboxylic acids is 1. The summed E-state index contributed by atoms with van der Waals surface area (Å²) < 4.78 is 5.12. The first kappa shape index (κ1) is 15.2. The summed E-state index contributed by atoms with van der Waals surface area (Å²) in [5, 5.41) is 11.4. The van der Waals surface area contributed by atoms with E-state index in [2.05, 4.69) is 5.32 Å². The van der Waals surface area contributed by atoms with Crippen LogP contribution in [0.15, 0.2) is 24.3 Å². The summed E-state index contributed by atoms with van der Waals surface area (Å²) in [7, 11) is 1.63. The van der Waals surface area contributed by atoms with Gasteiger partial charge in [0.05, 0.1) is 6.61 Å². The molecule has 5 nitrogen and oxygen atoms in total. The van der Waals surface area contributed by atoms with Gasteiger partial charge in [-0.1, -0.05) is 24.3 Å². The number of hydrogen-bond donors (Lipinski definition) is 2. The van der Waals surface area contributed by atoms with Crippen LogP contribution in [0.5, 0.6) is 0 Å². The Hall–Kier alpha value is -1.88. The SMILES string of the molecule is COCc1ccccc1CC(CCC(=O)O)NC=O. The largest absolute Gasteiger partial charge is 0.481 e. The number of ether oxygens (including phenoxy) is 1. The van der Waals surface area contributed by atoms with Crippen molar-refractivity contribution in [2.75, 3.05) is 7.11 Å². The fourth-order valence-corrected chi connectivity index (χ4v) is 1.96. The second-order valence-corrected chi connectivity index (χ2v) is 4.32. The van der Waals surface area contributed by atoms with Gasteiger partial charge in [0.25, 0.3) is 0 Å². The van der Waals surface area contributed by atoms with Gasteiger partial charge < -0.3 is 15.2 Å². The molecule has 2 N–H and O–H groups in total. The number of benzene rings is 1. The highest BCUT2D eigenvalue weighted by Crippen LogP contribution is 2.14. The number of nitrogens with one attached hydrogen (secondary N) is 1. The molecule has 1 unspecified atom stereocenters. The van der Waals surface area contributed by atoms with Crippen LogP contribution < -0.4 is 5.32 Å². The van der Waals surface area contributed by atoms with E-state index in [1.807, 2.05) is 24.3 Å². The van der Waals surface area contributed by atoms with Crippen molar-refractivity contribution in [3.63, 3.8) is 0 Å². The van der Waals surface area contributed by atoms with Crippen LogP contribution in [0, 0.1) is 0 Å². The molecule has 19 heavy (non-hydrogen) atoms. The molecule has 0 bridgehead atoms. The molecule has 0 spiro atoms. The third-order valence-corrected chi connectivity index (χ3v) is 2.89. The molecule has 0 fully saturated rings. The van der Waals surface area contributed by atoms with E-state index in [1.54, 1.807) is 7.11 Å². The number of carbonyl (C=O) groups excluding carboxylic acids is 1. The predicted octanol–water partition coefficient (Wildman–Crippen LogP) is 1.35. The van der Waals surface area contributed by atoms with Gasteiger partial charge in [-0.2, -0.15) is 0 Å². The van der Waals surface area contributed by atoms with Crippen molar-refractivity contribution in [1.29, 1.82) is 0 Å². The van der Waals surface area contributed by atoms with Crippen molar-refractivity contribution >= 4 is 12.4 Å². The van der Waals surface area contributed by atoms with Crippen molar-refractivity contribution < 1.29 is 19.4 Å². The number of carboxylic acids is 1. The van der Waals surface area contributed by atoms with Crippen LogP contribution in [0.1, 0.15) is 24.0 Å². The number of rotatable bonds is 9. The fourth-order valence-electron chi connectivity index (χ4n) is 1.96. The third kappa shape index (κ3) is 5.52. The summed E-state index contributed by atoms with van der Waals surface area (Å²) >= 11 is 0. The molecule has 0 radical (unpaired) electrons. The van der Waals surface area contributed by atoms with Gasteiger partial charge in [-0.25, -0.2) is 0 Å². The van der Waals surface area contributed by atoms with E-state index in [0.717, 1.165) is 11.1 Å². The maximum atomic E-state index is 10.6. The monoisotopic (exact) mass is 265 g/mol. The first-order valence-electron chi connectivity index (χ1n) is 6.14. The van der Waals surface area contributed by atoms with Crippen molar-refractivity contribution in [3.05, 3.63) is 35.4 Å². The Morgan fingerprint density at radius 1 is 1.42 bits per heavy atom. The molecule has 0 saturated carbocycles. The molecule has 0 aliphatic carbocycles. The minimum atomic E-state index is -0.858. The molecule has 0 aromatic heterocycles. The lowest BCUT2D eigenvalue weighted by Crippen LogP contribution is -2.31. The van der Waals surface area contributed by atoms with E-state index in [-0.39, 0.29) is 12.5 Å². The van der Waals surface area contributed by atoms with Crippen molar-refractivity contribution in [3.8, 4) is 0 Å². The summed E-state index contributed by atoms with van der Waals surface area (Å²) in [6.07, 6.45) is 1.67. The minimum Gasteiger partial charge on any atom is -0.481 e. The van der Waals surface area contributed by atoms with Crippen LogP contribution in [-0.2, 0) is 27.4 Å². The van der Waals surface area contributed by atoms with E-state index < -0.39 is 5.97 Å². The van der Waals surface area contributed by atoms with Crippen LogP contribution >= 0.6 is 0 Å². The number of carbonyl (C=O) groups is 2. The van der Waals surface area contributed by atoms with E-state index >= 15 is 0 Å². The Bertz CT molecular complexity index is 420. The highest BCUT2D eigenvalue weighted by Gasteiger charge is 2.12. The topological polar surface area (TPSA) is 75.6 Å². The summed E-state index contributed by atoms with van der Waals surface area (Å²) in [5.41, 5.74) is 2.12. The van der Waals surface area contributed by atoms with Gasteiger partial charge >= 0.3 is 5.97 Å². The quantitative estimate of drug-likeness (QED) is 0.661. The van der Waals surface area contributed by atoms with Gasteiger partial charge in [0.2, 0.25) is 6.41 Å². The molecular weight excluding hydrogens is 246 g/mol. The third-order valence-electron chi connectivity index (χ3n) is 2.89. The molecule has 5 heteroatoms. The minimum absolute atomic E-state index is 0.0396. The molecule has 104 valence electrons. The lowest BCUT2D eigenvalue weighted by Gasteiger charge is -2.17. The summed E-state index contributed by atoms with van der Waals surface area (Å²) in [4.78, 5) is 21.2. The smallest absolute Gasteiger partial charge is 0.303 e. The first-order chi connectivity index (χ1) is 9.17. The summed E-state index contributed by atoms with van der Waals surface area (Å²) in [6, 6.07) is 7.61. The Morgan fingerprint density at radius 3 is 2.68 bits per heavy atom. The molecule has 0 heterocycles. The summed E-state index contributed by atoms with van der Waals surface area (Å²) in [5.74, 6) is -0.858. The van der Waals surface area contributed by atoms with Gasteiger partial charge in [0, 0.05) is 19.6 Å². The Labute approximate surface area is 112 Å². The average molecular weight is 265 g/mol. The van der Waals surface area contributed by atoms with Crippen LogP contribution in [0.3, 0.4) is 0 Å². The molecule has 1 rings (SSSR count). The lowest BCUT2D eigenvalue weighted by molar-refractivity contribution is -0.137. The maximum Gasteiger partial charge on any atom is 0.303 e. The molecule has 0 aliphatic heterocycles. The molecule has 1 aromatic rings. The Balaban J connectivity index is 2.71. The van der Waals surface area contributed by atoms with E-state index in [9.17, 15) is 9.59 Å². The highest BCUT2D eigenvalue weighted by molar-refractivity contribution is 5.66. The maximum absolute atomic E-state index is 10.6. The fraction of sp³-hybridized carbons (Fsp3) is 0.429. The molecule has 0 saturated heterocycles. The standard InChI is InChI=1S/C14H19NO4/c1-19-9-12-5-3-2-4-11(12)8-13(15-10-16)6-7-14(17)18/h2-5,10,13H,6-9H2,1H3,(H,15,16)(H,17,18). The van der Waals surface area contributed by atoms with Gasteiger partial charge in [-0.15, -0.1) is 0 Å². The molecule has 1 aromatic carbocycles. The van der Waals surface area contributed by atoms with Gasteiger partial charge in [0.1, 0.15) is 0 Å². The van der Waals surface area contributed by atoms with Crippen LogP contribution in [0.2, 0.25) is 0 Å². The number of amides is 1. The second-order valence-electron chi connectivity index (χ2n) is 4.32. The zero-order chi connectivity index (χ0) is 14.1. The van der Waals surface area contributed by atoms with Crippen molar-refractivity contribution in [2.45, 2.75) is 31.9 Å². The van der Waals surface area contributed by atoms with Crippen molar-refractivity contribution in [2.24, 2.45) is 0 Å². The molecule has 1 amide bonds. The number of methoxy groups -OCH3 is 1. The Kier molecular flexibility index (Phi) is 6.60. The zero-order valence-electron chi connectivity index (χ0n) is 11.0. The first-order valence-corrected chi connectivity index (χ1v) is 6.14. The van der Waals surface area contributed by atoms with Crippen LogP contribution in [-0.4, -0.2) is 30.6 Å². The van der Waals surface area contributed by atoms with Crippen molar-refractivity contribution in [1.82, 2.24) is 5.32 Å². The zero-order valence-corrected chi connectivity index (χ0v) is 11.0. The number of hydrogen-bond acceptors (Lipinski definition) is 3. The van der Waals surface area contributed by atoms with E-state index in [4.69, 9.17) is 9.84 Å². The molecular formula is C14H19NO4. The van der Waals surface area contributed by atoms with Crippen LogP contribution in [0.4, 0.5) is 0 Å². The average Bonchev–Trinajstić information content (AvgIpc) is 2.38. The predicted molar refractivity (Wildman–Crippen MR) is 70.7 cm³/mol. The van der Waals surface area contributed by atoms with Crippen LogP contribution in [0.25, 0.3) is 0 Å². The number of carboxylic acid groups (broad SMARTS) is 1. The van der Waals surface area contributed by atoms with E-state index in [0.29, 0.717) is 25.9 Å². The normalized spacial score (nSPS) is 11.8. The second kappa shape index (κ2) is 8.26. The van der Waals surface area contributed by atoms with Gasteiger partial charge in [-0.3, -0.25) is 9.59 Å². The van der Waals surface area contributed by atoms with Gasteiger partial charge in [-0.05, 0) is 24.0 Å². The van der Waals surface area contributed by atoms with Gasteiger partial charge in [0.15, 0.2) is 0 Å². The highest BCUT2D eigenvalue weighted by atomic mass is 16.5. The molecule has 0 aliphatic rings. The molecule has 1 atom stereocenters. The summed E-state index contributed by atoms with van der Waals surface area (Å²) in [6.45, 7) is 0.503. The van der Waals surface area contributed by atoms with E-state index in [1.165, 1.54) is 0 Å². The lowest BCUT2D eigenvalue weighted by atomic mass is 9.98. The Morgan fingerprint density at radius 2 is 2.11 bits per heavy atom.